The second-order valence-electron chi connectivity index (χ2n) is 4.23. The zero-order valence-corrected chi connectivity index (χ0v) is 11.1. The van der Waals surface area contributed by atoms with E-state index in [9.17, 15) is 14.9 Å². The van der Waals surface area contributed by atoms with Crippen molar-refractivity contribution in [2.24, 2.45) is 0 Å². The minimum Gasteiger partial charge on any atom is -0.298 e. The lowest BCUT2D eigenvalue weighted by Gasteiger charge is -2.11. The molecule has 0 atom stereocenters. The number of nitrogens with zero attached hydrogens (tertiary/aromatic N) is 1. The van der Waals surface area contributed by atoms with Crippen molar-refractivity contribution in [2.75, 3.05) is 0 Å². The molecule has 6 nitrogen and oxygen atoms in total. The first-order valence-corrected chi connectivity index (χ1v) is 6.13. The minimum absolute atomic E-state index is 0.0618. The summed E-state index contributed by atoms with van der Waals surface area (Å²) in [7, 11) is 0. The van der Waals surface area contributed by atoms with Gasteiger partial charge in [0.15, 0.2) is 0 Å². The van der Waals surface area contributed by atoms with E-state index in [1.165, 1.54) is 24.3 Å². The van der Waals surface area contributed by atoms with Crippen LogP contribution in [0.5, 0.6) is 0 Å². The molecule has 0 aliphatic heterocycles. The van der Waals surface area contributed by atoms with Crippen LogP contribution in [0.1, 0.15) is 15.9 Å². The predicted octanol–water partition coefficient (Wildman–Crippen LogP) is 2.50. The van der Waals surface area contributed by atoms with E-state index in [-0.39, 0.29) is 5.69 Å². The van der Waals surface area contributed by atoms with Gasteiger partial charge in [-0.05, 0) is 17.7 Å². The number of hydrogen-bond acceptors (Lipinski definition) is 4. The maximum Gasteiger partial charge on any atom is 0.269 e. The number of rotatable bonds is 5. The average Bonchev–Trinajstić information content (AvgIpc) is 2.53. The molecule has 2 rings (SSSR count). The zero-order valence-electron chi connectivity index (χ0n) is 11.1. The molecule has 6 heteroatoms. The van der Waals surface area contributed by atoms with Gasteiger partial charge in [0.05, 0.1) is 10.6 Å². The molecular formula is C15H13N3O3. The molecule has 2 N–H and O–H groups in total. The number of amides is 1. The van der Waals surface area contributed by atoms with Crippen molar-refractivity contribution >= 4 is 17.3 Å². The molecule has 0 unspecified atom stereocenters. The van der Waals surface area contributed by atoms with Gasteiger partial charge in [0.2, 0.25) is 0 Å². The van der Waals surface area contributed by atoms with Gasteiger partial charge in [-0.2, -0.15) is 0 Å². The normalized spacial score (nSPS) is 9.71. The van der Waals surface area contributed by atoms with Crippen molar-refractivity contribution in [3.8, 4) is 0 Å². The smallest absolute Gasteiger partial charge is 0.269 e. The fourth-order valence-electron chi connectivity index (χ4n) is 1.65. The topological polar surface area (TPSA) is 84.3 Å². The van der Waals surface area contributed by atoms with Gasteiger partial charge >= 0.3 is 0 Å². The highest BCUT2D eigenvalue weighted by atomic mass is 16.6. The summed E-state index contributed by atoms with van der Waals surface area (Å²) in [6, 6.07) is 14.6. The first kappa shape index (κ1) is 14.3. The van der Waals surface area contributed by atoms with E-state index in [4.69, 9.17) is 0 Å². The molecule has 0 radical (unpaired) electrons. The Hall–Kier alpha value is -3.15. The molecule has 0 aliphatic carbocycles. The van der Waals surface area contributed by atoms with Crippen molar-refractivity contribution < 1.29 is 9.72 Å². The third-order valence-electron chi connectivity index (χ3n) is 2.79. The van der Waals surface area contributed by atoms with Crippen molar-refractivity contribution in [1.82, 2.24) is 10.9 Å². The van der Waals surface area contributed by atoms with Crippen LogP contribution in [0.15, 0.2) is 61.2 Å². The number of nitro benzene ring substituents is 1. The van der Waals surface area contributed by atoms with Crippen LogP contribution in [0.25, 0.3) is 5.70 Å². The molecule has 0 aromatic heterocycles. The molecule has 0 saturated carbocycles. The predicted molar refractivity (Wildman–Crippen MR) is 79.2 cm³/mol. The lowest BCUT2D eigenvalue weighted by Crippen LogP contribution is -2.35. The molecular weight excluding hydrogens is 270 g/mol. The van der Waals surface area contributed by atoms with Crippen LogP contribution < -0.4 is 10.9 Å². The maximum atomic E-state index is 11.9. The standard InChI is InChI=1S/C15H13N3O3/c1-11(12-5-3-2-4-6-12)16-17-15(19)13-7-9-14(10-8-13)18(20)21/h2-10,16H,1H2,(H,17,19). The van der Waals surface area contributed by atoms with E-state index in [1.807, 2.05) is 30.3 Å². The summed E-state index contributed by atoms with van der Waals surface area (Å²) < 4.78 is 0. The van der Waals surface area contributed by atoms with Gasteiger partial charge in [-0.25, -0.2) is 0 Å². The zero-order chi connectivity index (χ0) is 15.2. The van der Waals surface area contributed by atoms with Gasteiger partial charge in [0, 0.05) is 17.7 Å². The molecule has 21 heavy (non-hydrogen) atoms. The lowest BCUT2D eigenvalue weighted by molar-refractivity contribution is -0.384. The van der Waals surface area contributed by atoms with E-state index < -0.39 is 10.8 Å². The minimum atomic E-state index is -0.517. The molecule has 0 aliphatic rings. The first-order valence-electron chi connectivity index (χ1n) is 6.13. The summed E-state index contributed by atoms with van der Waals surface area (Å²) in [6.45, 7) is 3.81. The van der Waals surface area contributed by atoms with Crippen LogP contribution in [0.4, 0.5) is 5.69 Å². The number of hydrogen-bond donors (Lipinski definition) is 2. The average molecular weight is 283 g/mol. The third kappa shape index (κ3) is 3.66. The molecule has 0 fully saturated rings. The summed E-state index contributed by atoms with van der Waals surface area (Å²) in [5.41, 5.74) is 6.84. The summed E-state index contributed by atoms with van der Waals surface area (Å²) in [6.07, 6.45) is 0. The molecule has 0 spiro atoms. The number of carbonyl (C=O) groups is 1. The Kier molecular flexibility index (Phi) is 4.30. The van der Waals surface area contributed by atoms with Crippen LogP contribution in [0.2, 0.25) is 0 Å². The van der Waals surface area contributed by atoms with Gasteiger partial charge < -0.3 is 0 Å². The van der Waals surface area contributed by atoms with Gasteiger partial charge in [0.25, 0.3) is 11.6 Å². The largest absolute Gasteiger partial charge is 0.298 e. The van der Waals surface area contributed by atoms with E-state index in [1.54, 1.807) is 0 Å². The van der Waals surface area contributed by atoms with E-state index in [2.05, 4.69) is 17.4 Å². The third-order valence-corrected chi connectivity index (χ3v) is 2.79. The number of nitrogens with one attached hydrogen (secondary N) is 2. The van der Waals surface area contributed by atoms with Gasteiger partial charge in [-0.15, -0.1) is 0 Å². The quantitative estimate of drug-likeness (QED) is 0.652. The summed E-state index contributed by atoms with van der Waals surface area (Å²) >= 11 is 0. The molecule has 2 aromatic rings. The molecule has 0 saturated heterocycles. The monoisotopic (exact) mass is 283 g/mol. The van der Waals surface area contributed by atoms with Crippen LogP contribution in [0.3, 0.4) is 0 Å². The SMILES string of the molecule is C=C(NNC(=O)c1ccc([N+](=O)[O-])cc1)c1ccccc1. The Morgan fingerprint density at radius 1 is 0.952 bits per heavy atom. The molecule has 0 heterocycles. The van der Waals surface area contributed by atoms with Gasteiger partial charge in [0.1, 0.15) is 0 Å². The summed E-state index contributed by atoms with van der Waals surface area (Å²) in [5.74, 6) is -0.401. The number of non-ortho nitro benzene ring substituents is 1. The van der Waals surface area contributed by atoms with Crippen molar-refractivity contribution in [2.45, 2.75) is 0 Å². The van der Waals surface area contributed by atoms with E-state index in [0.717, 1.165) is 5.56 Å². The molecule has 2 aromatic carbocycles. The van der Waals surface area contributed by atoms with Crippen LogP contribution in [0, 0.1) is 10.1 Å². The lowest BCUT2D eigenvalue weighted by atomic mass is 10.2. The van der Waals surface area contributed by atoms with Crippen LogP contribution >= 0.6 is 0 Å². The van der Waals surface area contributed by atoms with Gasteiger partial charge in [-0.1, -0.05) is 36.9 Å². The molecule has 0 bridgehead atoms. The maximum absolute atomic E-state index is 11.9. The Morgan fingerprint density at radius 2 is 1.57 bits per heavy atom. The first-order chi connectivity index (χ1) is 10.1. The Labute approximate surface area is 121 Å². The van der Waals surface area contributed by atoms with Crippen molar-refractivity contribution in [3.05, 3.63) is 82.4 Å². The molecule has 1 amide bonds. The van der Waals surface area contributed by atoms with Crippen molar-refractivity contribution in [1.29, 1.82) is 0 Å². The highest BCUT2D eigenvalue weighted by Crippen LogP contribution is 2.12. The fraction of sp³-hybridized carbons (Fsp3) is 0. The number of carbonyl (C=O) groups excluding carboxylic acids is 1. The van der Waals surface area contributed by atoms with E-state index >= 15 is 0 Å². The molecule has 106 valence electrons. The number of nitro groups is 1. The number of hydrazine groups is 1. The van der Waals surface area contributed by atoms with Crippen LogP contribution in [-0.2, 0) is 0 Å². The Bertz CT molecular complexity index is 666. The summed E-state index contributed by atoms with van der Waals surface area (Å²) in [5, 5.41) is 10.5. The van der Waals surface area contributed by atoms with E-state index in [0.29, 0.717) is 11.3 Å². The summed E-state index contributed by atoms with van der Waals surface area (Å²) in [4.78, 5) is 21.9. The Balaban J connectivity index is 1.96. The van der Waals surface area contributed by atoms with Gasteiger partial charge in [-0.3, -0.25) is 25.8 Å². The highest BCUT2D eigenvalue weighted by Gasteiger charge is 2.09. The second-order valence-corrected chi connectivity index (χ2v) is 4.23. The Morgan fingerprint density at radius 3 is 2.14 bits per heavy atom. The second kappa shape index (κ2) is 6.33. The highest BCUT2D eigenvalue weighted by molar-refractivity contribution is 5.94. The number of benzene rings is 2. The van der Waals surface area contributed by atoms with Crippen molar-refractivity contribution in [3.63, 3.8) is 0 Å². The fourth-order valence-corrected chi connectivity index (χ4v) is 1.65. The van der Waals surface area contributed by atoms with Crippen LogP contribution in [-0.4, -0.2) is 10.8 Å².